The van der Waals surface area contributed by atoms with E-state index in [9.17, 15) is 4.39 Å². The number of piperidine rings is 1. The standard InChI is InChI=1S/C12H15N3.C11H9FN2O/c1-2-8(1)11-4-13-12(14-5-11)15-6-9-3-10(9)7-15;1-15-8-2-3-11(14-6-8)9-4-5-13-7-10(9)12/h4-5,8-10H,1-3,6-7H2;2-7H,1H3. The topological polar surface area (TPSA) is 64.0 Å². The molecule has 2 saturated carbocycles. The second-order valence-corrected chi connectivity index (χ2v) is 8.19. The Labute approximate surface area is 175 Å². The van der Waals surface area contributed by atoms with Gasteiger partial charge in [0.25, 0.3) is 0 Å². The normalized spacial score (nSPS) is 21.5. The summed E-state index contributed by atoms with van der Waals surface area (Å²) in [6.07, 6.45) is 12.4. The van der Waals surface area contributed by atoms with E-state index in [2.05, 4.69) is 24.8 Å². The van der Waals surface area contributed by atoms with E-state index in [1.54, 1.807) is 31.5 Å². The fraction of sp³-hybridized carbons (Fsp3) is 0.391. The van der Waals surface area contributed by atoms with Gasteiger partial charge in [-0.25, -0.2) is 14.4 Å². The summed E-state index contributed by atoms with van der Waals surface area (Å²) >= 11 is 0. The summed E-state index contributed by atoms with van der Waals surface area (Å²) in [6.45, 7) is 2.38. The molecule has 0 aromatic carbocycles. The molecule has 30 heavy (non-hydrogen) atoms. The predicted molar refractivity (Wildman–Crippen MR) is 112 cm³/mol. The van der Waals surface area contributed by atoms with Gasteiger partial charge in [-0.15, -0.1) is 0 Å². The van der Waals surface area contributed by atoms with Crippen molar-refractivity contribution in [3.8, 4) is 17.0 Å². The molecule has 154 valence electrons. The van der Waals surface area contributed by atoms with Gasteiger partial charge in [-0.2, -0.15) is 0 Å². The summed E-state index contributed by atoms with van der Waals surface area (Å²) in [7, 11) is 1.56. The van der Waals surface area contributed by atoms with E-state index >= 15 is 0 Å². The van der Waals surface area contributed by atoms with Crippen molar-refractivity contribution in [3.63, 3.8) is 0 Å². The number of hydrogen-bond acceptors (Lipinski definition) is 6. The zero-order chi connectivity index (χ0) is 20.5. The van der Waals surface area contributed by atoms with E-state index in [1.165, 1.54) is 50.3 Å². The molecule has 0 spiro atoms. The van der Waals surface area contributed by atoms with E-state index in [4.69, 9.17) is 4.74 Å². The van der Waals surface area contributed by atoms with Crippen LogP contribution in [-0.2, 0) is 0 Å². The first-order valence-corrected chi connectivity index (χ1v) is 10.4. The van der Waals surface area contributed by atoms with Crippen LogP contribution < -0.4 is 9.64 Å². The molecular weight excluding hydrogens is 381 g/mol. The molecule has 7 heteroatoms. The highest BCUT2D eigenvalue weighted by atomic mass is 19.1. The fourth-order valence-corrected chi connectivity index (χ4v) is 3.93. The van der Waals surface area contributed by atoms with Gasteiger partial charge in [0.15, 0.2) is 5.82 Å². The first kappa shape index (κ1) is 18.9. The van der Waals surface area contributed by atoms with Gasteiger partial charge < -0.3 is 9.64 Å². The molecule has 0 N–H and O–H groups in total. The van der Waals surface area contributed by atoms with Crippen molar-refractivity contribution in [2.45, 2.75) is 25.2 Å². The van der Waals surface area contributed by atoms with Gasteiger partial charge in [0.05, 0.1) is 25.2 Å². The molecule has 1 aliphatic heterocycles. The first-order chi connectivity index (χ1) is 14.7. The summed E-state index contributed by atoms with van der Waals surface area (Å²) < 4.78 is 18.3. The lowest BCUT2D eigenvalue weighted by Crippen LogP contribution is -2.23. The first-order valence-electron chi connectivity index (χ1n) is 10.4. The molecular formula is C23H24FN5O. The second kappa shape index (κ2) is 7.97. The number of fused-ring (bicyclic) bond motifs is 1. The molecule has 1 saturated heterocycles. The lowest BCUT2D eigenvalue weighted by Gasteiger charge is -2.17. The van der Waals surface area contributed by atoms with Crippen LogP contribution in [0.4, 0.5) is 10.3 Å². The quantitative estimate of drug-likeness (QED) is 0.651. The van der Waals surface area contributed by atoms with Crippen LogP contribution in [0.15, 0.2) is 49.2 Å². The maximum Gasteiger partial charge on any atom is 0.225 e. The van der Waals surface area contributed by atoms with E-state index in [0.29, 0.717) is 17.0 Å². The van der Waals surface area contributed by atoms with Gasteiger partial charge >= 0.3 is 0 Å². The second-order valence-electron chi connectivity index (χ2n) is 8.19. The Hall–Kier alpha value is -3.09. The van der Waals surface area contributed by atoms with Gasteiger partial charge in [0.1, 0.15) is 5.75 Å². The van der Waals surface area contributed by atoms with Gasteiger partial charge in [-0.3, -0.25) is 9.97 Å². The van der Waals surface area contributed by atoms with Crippen molar-refractivity contribution >= 4 is 5.95 Å². The molecule has 0 amide bonds. The minimum atomic E-state index is -0.379. The number of halogens is 1. The van der Waals surface area contributed by atoms with E-state index in [0.717, 1.165) is 23.7 Å². The highest BCUT2D eigenvalue weighted by Crippen LogP contribution is 2.46. The van der Waals surface area contributed by atoms with Gasteiger partial charge in [0, 0.05) is 37.2 Å². The number of aromatic nitrogens is 4. The Morgan fingerprint density at radius 2 is 1.73 bits per heavy atom. The van der Waals surface area contributed by atoms with Crippen molar-refractivity contribution in [3.05, 3.63) is 60.6 Å². The summed E-state index contributed by atoms with van der Waals surface area (Å²) in [5.41, 5.74) is 2.34. The van der Waals surface area contributed by atoms with Crippen LogP contribution in [0, 0.1) is 17.7 Å². The number of nitrogens with zero attached hydrogens (tertiary/aromatic N) is 5. The van der Waals surface area contributed by atoms with Gasteiger partial charge in [-0.05, 0) is 60.8 Å². The smallest absolute Gasteiger partial charge is 0.225 e. The maximum absolute atomic E-state index is 13.3. The highest BCUT2D eigenvalue weighted by molar-refractivity contribution is 5.59. The lowest BCUT2D eigenvalue weighted by molar-refractivity contribution is 0.413. The number of rotatable bonds is 4. The van der Waals surface area contributed by atoms with Crippen molar-refractivity contribution in [1.82, 2.24) is 19.9 Å². The minimum Gasteiger partial charge on any atom is -0.495 e. The Morgan fingerprint density at radius 1 is 0.967 bits per heavy atom. The summed E-state index contributed by atoms with van der Waals surface area (Å²) in [5, 5.41) is 0. The molecule has 0 radical (unpaired) electrons. The number of methoxy groups -OCH3 is 1. The number of hydrogen-bond donors (Lipinski definition) is 0. The van der Waals surface area contributed by atoms with Crippen molar-refractivity contribution in [2.75, 3.05) is 25.1 Å². The van der Waals surface area contributed by atoms with Crippen LogP contribution in [-0.4, -0.2) is 40.1 Å². The zero-order valence-electron chi connectivity index (χ0n) is 16.9. The number of pyridine rings is 2. The Balaban J connectivity index is 0.000000128. The molecule has 0 bridgehead atoms. The molecule has 6 rings (SSSR count). The molecule has 3 aromatic rings. The summed E-state index contributed by atoms with van der Waals surface area (Å²) in [6, 6.07) is 5.03. The Bertz CT molecular complexity index is 997. The van der Waals surface area contributed by atoms with E-state index in [1.807, 2.05) is 12.4 Å². The zero-order valence-corrected chi connectivity index (χ0v) is 16.9. The third-order valence-electron chi connectivity index (χ3n) is 5.99. The molecule has 3 fully saturated rings. The van der Waals surface area contributed by atoms with Crippen LogP contribution >= 0.6 is 0 Å². The molecule has 4 heterocycles. The van der Waals surface area contributed by atoms with Crippen molar-refractivity contribution in [1.29, 1.82) is 0 Å². The van der Waals surface area contributed by atoms with E-state index in [-0.39, 0.29) is 5.82 Å². The van der Waals surface area contributed by atoms with Crippen LogP contribution in [0.2, 0.25) is 0 Å². The Morgan fingerprint density at radius 3 is 2.33 bits per heavy atom. The third kappa shape index (κ3) is 4.10. The molecule has 3 aromatic heterocycles. The lowest BCUT2D eigenvalue weighted by atomic mass is 10.2. The predicted octanol–water partition coefficient (Wildman–Crippen LogP) is 4.10. The number of anilines is 1. The average Bonchev–Trinajstić information content (AvgIpc) is 3.73. The Kier molecular flexibility index (Phi) is 5.02. The summed E-state index contributed by atoms with van der Waals surface area (Å²) in [5.74, 6) is 3.90. The summed E-state index contributed by atoms with van der Waals surface area (Å²) in [4.78, 5) is 19.1. The molecule has 2 atom stereocenters. The molecule has 2 aliphatic carbocycles. The minimum absolute atomic E-state index is 0.379. The maximum atomic E-state index is 13.3. The third-order valence-corrected chi connectivity index (χ3v) is 5.99. The average molecular weight is 405 g/mol. The van der Waals surface area contributed by atoms with Crippen LogP contribution in [0.3, 0.4) is 0 Å². The molecule has 2 unspecified atom stereocenters. The van der Waals surface area contributed by atoms with Gasteiger partial charge in [-0.1, -0.05) is 0 Å². The monoisotopic (exact) mass is 405 g/mol. The van der Waals surface area contributed by atoms with Gasteiger partial charge in [0.2, 0.25) is 5.95 Å². The molecule has 3 aliphatic rings. The van der Waals surface area contributed by atoms with Crippen molar-refractivity contribution < 1.29 is 9.13 Å². The SMILES string of the molecule is COc1ccc(-c2ccncc2F)nc1.c1nc(N2CC3CC3C2)ncc1C1CC1. The highest BCUT2D eigenvalue weighted by Gasteiger charge is 2.45. The van der Waals surface area contributed by atoms with Crippen LogP contribution in [0.25, 0.3) is 11.3 Å². The van der Waals surface area contributed by atoms with E-state index < -0.39 is 0 Å². The largest absolute Gasteiger partial charge is 0.495 e. The number of ether oxygens (including phenoxy) is 1. The van der Waals surface area contributed by atoms with Crippen LogP contribution in [0.1, 0.15) is 30.7 Å². The fourth-order valence-electron chi connectivity index (χ4n) is 3.93. The van der Waals surface area contributed by atoms with Crippen LogP contribution in [0.5, 0.6) is 5.75 Å². The molecule has 6 nitrogen and oxygen atoms in total. The van der Waals surface area contributed by atoms with Crippen molar-refractivity contribution in [2.24, 2.45) is 11.8 Å².